The van der Waals surface area contributed by atoms with E-state index in [1.54, 1.807) is 24.3 Å². The fourth-order valence-corrected chi connectivity index (χ4v) is 3.62. The van der Waals surface area contributed by atoms with E-state index in [1.807, 2.05) is 0 Å². The van der Waals surface area contributed by atoms with Crippen molar-refractivity contribution >= 4 is 53.5 Å². The average Bonchev–Trinajstić information content (AvgIpc) is 2.36. The Labute approximate surface area is 134 Å². The van der Waals surface area contributed by atoms with Gasteiger partial charge in [-0.15, -0.1) is 0 Å². The van der Waals surface area contributed by atoms with Crippen molar-refractivity contribution in [3.63, 3.8) is 0 Å². The van der Waals surface area contributed by atoms with E-state index in [0.717, 1.165) is 11.1 Å². The molecule has 0 unspecified atom stereocenters. The number of halogens is 3. The molecule has 2 aromatic carbocycles. The minimum atomic E-state index is -0.458. The number of benzene rings is 2. The van der Waals surface area contributed by atoms with Gasteiger partial charge in [-0.05, 0) is 65.5 Å². The van der Waals surface area contributed by atoms with Gasteiger partial charge in [-0.1, -0.05) is 12.1 Å². The molecule has 2 rings (SSSR count). The van der Waals surface area contributed by atoms with Crippen LogP contribution in [0.2, 0.25) is 0 Å². The Bertz CT molecular complexity index is 656. The summed E-state index contributed by atoms with van der Waals surface area (Å²) in [4.78, 5) is 10.5. The molecule has 0 heterocycles. The summed E-state index contributed by atoms with van der Waals surface area (Å²) in [6.45, 7) is 0. The molecule has 0 fully saturated rings. The monoisotopic (exact) mass is 449 g/mol. The van der Waals surface area contributed by atoms with Gasteiger partial charge in [-0.3, -0.25) is 10.1 Å². The van der Waals surface area contributed by atoms with Crippen LogP contribution in [0, 0.1) is 10.1 Å². The molecule has 19 heavy (non-hydrogen) atoms. The molecular formula is C12H6Br3NO3. The zero-order valence-electron chi connectivity index (χ0n) is 9.23. The van der Waals surface area contributed by atoms with Crippen LogP contribution < -0.4 is 0 Å². The van der Waals surface area contributed by atoms with Gasteiger partial charge in [-0.25, -0.2) is 0 Å². The molecule has 4 nitrogen and oxygen atoms in total. The zero-order valence-corrected chi connectivity index (χ0v) is 14.0. The SMILES string of the molecule is O=[N+]([O-])c1cc(Br)c(-c2ccc(O)cc2)c(Br)c1Br. The highest BCUT2D eigenvalue weighted by atomic mass is 79.9. The lowest BCUT2D eigenvalue weighted by atomic mass is 10.1. The van der Waals surface area contributed by atoms with E-state index in [1.165, 1.54) is 6.07 Å². The van der Waals surface area contributed by atoms with Gasteiger partial charge in [0.25, 0.3) is 5.69 Å². The summed E-state index contributed by atoms with van der Waals surface area (Å²) in [5, 5.41) is 20.2. The van der Waals surface area contributed by atoms with Gasteiger partial charge in [0.1, 0.15) is 10.2 Å². The second-order valence-corrected chi connectivity index (χ2v) is 6.12. The van der Waals surface area contributed by atoms with Crippen LogP contribution in [0.4, 0.5) is 5.69 Å². The number of rotatable bonds is 2. The Morgan fingerprint density at radius 1 is 1.05 bits per heavy atom. The molecule has 1 N–H and O–H groups in total. The molecule has 0 saturated carbocycles. The third-order valence-corrected chi connectivity index (χ3v) is 5.25. The molecule has 0 spiro atoms. The van der Waals surface area contributed by atoms with Gasteiger partial charge in [0.2, 0.25) is 0 Å². The Balaban J connectivity index is 2.68. The number of nitro benzene ring substituents is 1. The lowest BCUT2D eigenvalue weighted by Gasteiger charge is -2.10. The molecule has 7 heteroatoms. The summed E-state index contributed by atoms with van der Waals surface area (Å²) in [7, 11) is 0. The number of nitro groups is 1. The lowest BCUT2D eigenvalue weighted by Crippen LogP contribution is -1.93. The van der Waals surface area contributed by atoms with Crippen LogP contribution in [0.25, 0.3) is 11.1 Å². The van der Waals surface area contributed by atoms with Gasteiger partial charge in [-0.2, -0.15) is 0 Å². The summed E-state index contributed by atoms with van der Waals surface area (Å²) in [5.41, 5.74) is 1.57. The summed E-state index contributed by atoms with van der Waals surface area (Å²) < 4.78 is 1.56. The minimum absolute atomic E-state index is 0.0266. The fourth-order valence-electron chi connectivity index (χ4n) is 1.61. The van der Waals surface area contributed by atoms with Gasteiger partial charge < -0.3 is 5.11 Å². The van der Waals surface area contributed by atoms with E-state index in [2.05, 4.69) is 47.8 Å². The number of aromatic hydroxyl groups is 1. The second-order valence-electron chi connectivity index (χ2n) is 3.68. The first-order valence-electron chi connectivity index (χ1n) is 5.03. The van der Waals surface area contributed by atoms with E-state index >= 15 is 0 Å². The molecule has 0 atom stereocenters. The summed E-state index contributed by atoms with van der Waals surface area (Å²) in [5.74, 6) is 0.164. The van der Waals surface area contributed by atoms with Crippen molar-refractivity contribution in [3.8, 4) is 16.9 Å². The molecule has 0 amide bonds. The van der Waals surface area contributed by atoms with E-state index in [0.29, 0.717) is 13.4 Å². The highest BCUT2D eigenvalue weighted by molar-refractivity contribution is 9.13. The van der Waals surface area contributed by atoms with Crippen LogP contribution in [0.15, 0.2) is 43.7 Å². The third-order valence-electron chi connectivity index (χ3n) is 2.49. The topological polar surface area (TPSA) is 63.4 Å². The number of phenolic OH excluding ortho intramolecular Hbond substituents is 1. The Hall–Kier alpha value is -0.920. The van der Waals surface area contributed by atoms with Crippen molar-refractivity contribution in [1.29, 1.82) is 0 Å². The molecule has 0 radical (unpaired) electrons. The third kappa shape index (κ3) is 2.82. The molecular weight excluding hydrogens is 446 g/mol. The minimum Gasteiger partial charge on any atom is -0.508 e. The summed E-state index contributed by atoms with van der Waals surface area (Å²) in [6.07, 6.45) is 0. The maximum Gasteiger partial charge on any atom is 0.285 e. The molecule has 0 saturated heterocycles. The summed E-state index contributed by atoms with van der Waals surface area (Å²) in [6, 6.07) is 8.03. The van der Waals surface area contributed by atoms with Crippen LogP contribution in [0.1, 0.15) is 0 Å². The molecule has 0 aliphatic carbocycles. The first-order valence-corrected chi connectivity index (χ1v) is 7.41. The largest absolute Gasteiger partial charge is 0.508 e. The fraction of sp³-hybridized carbons (Fsp3) is 0. The summed E-state index contributed by atoms with van der Waals surface area (Å²) >= 11 is 9.92. The highest BCUT2D eigenvalue weighted by Gasteiger charge is 2.21. The first kappa shape index (κ1) is 14.5. The normalized spacial score (nSPS) is 10.5. The predicted molar refractivity (Wildman–Crippen MR) is 83.3 cm³/mol. The van der Waals surface area contributed by atoms with Crippen LogP contribution in [-0.4, -0.2) is 10.0 Å². The molecule has 0 bridgehead atoms. The van der Waals surface area contributed by atoms with E-state index < -0.39 is 4.92 Å². The maximum atomic E-state index is 10.9. The molecule has 0 aromatic heterocycles. The van der Waals surface area contributed by atoms with Gasteiger partial charge in [0.05, 0.1) is 4.92 Å². The second kappa shape index (κ2) is 5.60. The first-order chi connectivity index (χ1) is 8.91. The lowest BCUT2D eigenvalue weighted by molar-refractivity contribution is -0.385. The van der Waals surface area contributed by atoms with Crippen LogP contribution in [-0.2, 0) is 0 Å². The van der Waals surface area contributed by atoms with Crippen molar-refractivity contribution < 1.29 is 10.0 Å². The zero-order chi connectivity index (χ0) is 14.2. The number of hydrogen-bond acceptors (Lipinski definition) is 3. The molecule has 2 aromatic rings. The van der Waals surface area contributed by atoms with Crippen molar-refractivity contribution in [1.82, 2.24) is 0 Å². The quantitative estimate of drug-likeness (QED) is 0.385. The Morgan fingerprint density at radius 3 is 2.16 bits per heavy atom. The van der Waals surface area contributed by atoms with E-state index in [-0.39, 0.29) is 11.4 Å². The molecule has 0 aliphatic heterocycles. The Kier molecular flexibility index (Phi) is 4.27. The standard InChI is InChI=1S/C12H6Br3NO3/c13-8-5-9(16(18)19)11(14)12(15)10(8)6-1-3-7(17)4-2-6/h1-5,17H. The smallest absolute Gasteiger partial charge is 0.285 e. The average molecular weight is 452 g/mol. The molecule has 98 valence electrons. The van der Waals surface area contributed by atoms with Gasteiger partial charge in [0.15, 0.2) is 0 Å². The number of hydrogen-bond donors (Lipinski definition) is 1. The van der Waals surface area contributed by atoms with Gasteiger partial charge in [0, 0.05) is 20.6 Å². The van der Waals surface area contributed by atoms with Crippen LogP contribution in [0.3, 0.4) is 0 Å². The van der Waals surface area contributed by atoms with E-state index in [9.17, 15) is 15.2 Å². The van der Waals surface area contributed by atoms with Gasteiger partial charge >= 0.3 is 0 Å². The van der Waals surface area contributed by atoms with Crippen LogP contribution >= 0.6 is 47.8 Å². The van der Waals surface area contributed by atoms with Crippen molar-refractivity contribution in [2.45, 2.75) is 0 Å². The van der Waals surface area contributed by atoms with Crippen molar-refractivity contribution in [2.24, 2.45) is 0 Å². The van der Waals surface area contributed by atoms with E-state index in [4.69, 9.17) is 0 Å². The maximum absolute atomic E-state index is 10.9. The van der Waals surface area contributed by atoms with Crippen molar-refractivity contribution in [3.05, 3.63) is 53.9 Å². The Morgan fingerprint density at radius 2 is 1.63 bits per heavy atom. The number of nitrogens with zero attached hydrogens (tertiary/aromatic N) is 1. The van der Waals surface area contributed by atoms with Crippen molar-refractivity contribution in [2.75, 3.05) is 0 Å². The highest BCUT2D eigenvalue weighted by Crippen LogP contribution is 2.44. The van der Waals surface area contributed by atoms with Crippen LogP contribution in [0.5, 0.6) is 5.75 Å². The number of phenols is 1. The molecule has 0 aliphatic rings. The predicted octanol–water partition coefficient (Wildman–Crippen LogP) is 5.25.